The van der Waals surface area contributed by atoms with E-state index in [0.29, 0.717) is 0 Å². The molecule has 1 heterocycles. The first-order valence-electron chi connectivity index (χ1n) is 6.20. The molecule has 2 heteroatoms. The van der Waals surface area contributed by atoms with Gasteiger partial charge in [-0.05, 0) is 55.9 Å². The van der Waals surface area contributed by atoms with Crippen LogP contribution in [0, 0.1) is 19.8 Å². The lowest BCUT2D eigenvalue weighted by Crippen LogP contribution is -2.33. The molecule has 0 saturated carbocycles. The van der Waals surface area contributed by atoms with Gasteiger partial charge >= 0.3 is 0 Å². The van der Waals surface area contributed by atoms with Gasteiger partial charge in [0.15, 0.2) is 0 Å². The summed E-state index contributed by atoms with van der Waals surface area (Å²) in [5, 5.41) is 0. The molecule has 0 amide bonds. The lowest BCUT2D eigenvalue weighted by atomic mass is 9.97. The summed E-state index contributed by atoms with van der Waals surface area (Å²) in [6.45, 7) is 9.01. The standard InChI is InChI=1S/C14H22N2/c1-10-6-8-16(9-7-10)14-5-4-13(15)11(2)12(14)3/h4-5,10H,6-9,15H2,1-3H3. The van der Waals surface area contributed by atoms with Crippen molar-refractivity contribution in [1.82, 2.24) is 0 Å². The molecule has 1 fully saturated rings. The van der Waals surface area contributed by atoms with Crippen LogP contribution in [0.15, 0.2) is 12.1 Å². The minimum absolute atomic E-state index is 0.881. The molecule has 0 atom stereocenters. The monoisotopic (exact) mass is 218 g/mol. The molecule has 0 unspecified atom stereocenters. The molecule has 0 radical (unpaired) electrons. The fourth-order valence-corrected chi connectivity index (χ4v) is 2.42. The number of piperidine rings is 1. The molecule has 2 nitrogen and oxygen atoms in total. The van der Waals surface area contributed by atoms with Crippen LogP contribution in [0.3, 0.4) is 0 Å². The van der Waals surface area contributed by atoms with E-state index in [2.05, 4.69) is 31.7 Å². The molecule has 1 aliphatic heterocycles. The first-order valence-corrected chi connectivity index (χ1v) is 6.20. The van der Waals surface area contributed by atoms with Gasteiger partial charge in [-0.2, -0.15) is 0 Å². The maximum Gasteiger partial charge on any atom is 0.0400 e. The average Bonchev–Trinajstić information content (AvgIpc) is 2.28. The van der Waals surface area contributed by atoms with Gasteiger partial charge in [0, 0.05) is 24.5 Å². The minimum atomic E-state index is 0.881. The third-order valence-electron chi connectivity index (χ3n) is 3.92. The zero-order valence-electron chi connectivity index (χ0n) is 10.6. The lowest BCUT2D eigenvalue weighted by Gasteiger charge is -2.33. The highest BCUT2D eigenvalue weighted by molar-refractivity contribution is 5.64. The highest BCUT2D eigenvalue weighted by Crippen LogP contribution is 2.29. The fraction of sp³-hybridized carbons (Fsp3) is 0.571. The second kappa shape index (κ2) is 4.36. The Bertz CT molecular complexity index is 377. The van der Waals surface area contributed by atoms with Crippen molar-refractivity contribution in [3.8, 4) is 0 Å². The highest BCUT2D eigenvalue weighted by Gasteiger charge is 2.18. The summed E-state index contributed by atoms with van der Waals surface area (Å²) in [5.41, 5.74) is 10.8. The van der Waals surface area contributed by atoms with Crippen LogP contribution in [-0.4, -0.2) is 13.1 Å². The Morgan fingerprint density at radius 1 is 1.12 bits per heavy atom. The van der Waals surface area contributed by atoms with Gasteiger partial charge in [-0.3, -0.25) is 0 Å². The molecule has 1 aliphatic rings. The molecule has 1 aromatic carbocycles. The molecule has 0 spiro atoms. The van der Waals surface area contributed by atoms with E-state index in [1.807, 2.05) is 6.07 Å². The summed E-state index contributed by atoms with van der Waals surface area (Å²) in [6.07, 6.45) is 2.62. The van der Waals surface area contributed by atoms with Crippen LogP contribution in [0.5, 0.6) is 0 Å². The predicted octanol–water partition coefficient (Wildman–Crippen LogP) is 3.12. The third kappa shape index (κ3) is 2.01. The van der Waals surface area contributed by atoms with Crippen molar-refractivity contribution >= 4 is 11.4 Å². The van der Waals surface area contributed by atoms with Gasteiger partial charge in [-0.25, -0.2) is 0 Å². The lowest BCUT2D eigenvalue weighted by molar-refractivity contribution is 0.438. The molecule has 0 bridgehead atoms. The summed E-state index contributed by atoms with van der Waals surface area (Å²) in [5.74, 6) is 0.881. The molecule has 16 heavy (non-hydrogen) atoms. The number of hydrogen-bond acceptors (Lipinski definition) is 2. The number of benzene rings is 1. The smallest absolute Gasteiger partial charge is 0.0400 e. The van der Waals surface area contributed by atoms with Crippen molar-refractivity contribution < 1.29 is 0 Å². The Morgan fingerprint density at radius 2 is 1.75 bits per heavy atom. The van der Waals surface area contributed by atoms with Crippen LogP contribution in [0.1, 0.15) is 30.9 Å². The summed E-state index contributed by atoms with van der Waals surface area (Å²) < 4.78 is 0. The number of hydrogen-bond donors (Lipinski definition) is 1. The molecule has 88 valence electrons. The second-order valence-corrected chi connectivity index (χ2v) is 5.09. The predicted molar refractivity (Wildman–Crippen MR) is 70.9 cm³/mol. The third-order valence-corrected chi connectivity index (χ3v) is 3.92. The van der Waals surface area contributed by atoms with Crippen LogP contribution in [0.25, 0.3) is 0 Å². The van der Waals surface area contributed by atoms with Gasteiger partial charge in [0.05, 0.1) is 0 Å². The van der Waals surface area contributed by atoms with E-state index in [1.165, 1.54) is 42.7 Å². The number of rotatable bonds is 1. The summed E-state index contributed by atoms with van der Waals surface area (Å²) in [4.78, 5) is 2.50. The molecule has 0 aliphatic carbocycles. The Hall–Kier alpha value is -1.18. The number of nitrogens with zero attached hydrogens (tertiary/aromatic N) is 1. The Balaban J connectivity index is 2.24. The number of anilines is 2. The van der Waals surface area contributed by atoms with Crippen LogP contribution >= 0.6 is 0 Å². The van der Waals surface area contributed by atoms with Crippen molar-refractivity contribution in [1.29, 1.82) is 0 Å². The number of nitrogen functional groups attached to an aromatic ring is 1. The van der Waals surface area contributed by atoms with Crippen molar-refractivity contribution in [3.05, 3.63) is 23.3 Å². The number of nitrogens with two attached hydrogens (primary N) is 1. The summed E-state index contributed by atoms with van der Waals surface area (Å²) in [6, 6.07) is 4.21. The quantitative estimate of drug-likeness (QED) is 0.734. The van der Waals surface area contributed by atoms with Crippen molar-refractivity contribution in [2.75, 3.05) is 23.7 Å². The van der Waals surface area contributed by atoms with Crippen LogP contribution in [0.2, 0.25) is 0 Å². The molecular weight excluding hydrogens is 196 g/mol. The Labute approximate surface area is 98.4 Å². The van der Waals surface area contributed by atoms with Crippen LogP contribution in [-0.2, 0) is 0 Å². The molecule has 2 N–H and O–H groups in total. The first-order chi connectivity index (χ1) is 7.59. The van der Waals surface area contributed by atoms with E-state index in [-0.39, 0.29) is 0 Å². The maximum atomic E-state index is 5.92. The van der Waals surface area contributed by atoms with Crippen molar-refractivity contribution in [2.45, 2.75) is 33.6 Å². The van der Waals surface area contributed by atoms with Gasteiger partial charge in [0.1, 0.15) is 0 Å². The van der Waals surface area contributed by atoms with Crippen LogP contribution in [0.4, 0.5) is 11.4 Å². The van der Waals surface area contributed by atoms with E-state index in [0.717, 1.165) is 11.6 Å². The van der Waals surface area contributed by atoms with Crippen molar-refractivity contribution in [2.24, 2.45) is 5.92 Å². The zero-order chi connectivity index (χ0) is 11.7. The van der Waals surface area contributed by atoms with Crippen LogP contribution < -0.4 is 10.6 Å². The average molecular weight is 218 g/mol. The molecule has 1 aromatic rings. The summed E-state index contributed by atoms with van der Waals surface area (Å²) >= 11 is 0. The molecular formula is C14H22N2. The van der Waals surface area contributed by atoms with E-state index < -0.39 is 0 Å². The minimum Gasteiger partial charge on any atom is -0.399 e. The maximum absolute atomic E-state index is 5.92. The fourth-order valence-electron chi connectivity index (χ4n) is 2.42. The van der Waals surface area contributed by atoms with E-state index in [1.54, 1.807) is 0 Å². The van der Waals surface area contributed by atoms with E-state index in [9.17, 15) is 0 Å². The van der Waals surface area contributed by atoms with Gasteiger partial charge < -0.3 is 10.6 Å². The van der Waals surface area contributed by atoms with E-state index >= 15 is 0 Å². The molecule has 0 aromatic heterocycles. The zero-order valence-corrected chi connectivity index (χ0v) is 10.6. The largest absolute Gasteiger partial charge is 0.399 e. The van der Waals surface area contributed by atoms with Gasteiger partial charge in [0.25, 0.3) is 0 Å². The Kier molecular flexibility index (Phi) is 3.08. The normalized spacial score (nSPS) is 17.8. The highest BCUT2D eigenvalue weighted by atomic mass is 15.1. The van der Waals surface area contributed by atoms with Gasteiger partial charge in [-0.1, -0.05) is 6.92 Å². The topological polar surface area (TPSA) is 29.3 Å². The van der Waals surface area contributed by atoms with Gasteiger partial charge in [-0.15, -0.1) is 0 Å². The molecule has 2 rings (SSSR count). The SMILES string of the molecule is Cc1c(N)ccc(N2CCC(C)CC2)c1C. The summed E-state index contributed by atoms with van der Waals surface area (Å²) in [7, 11) is 0. The van der Waals surface area contributed by atoms with Gasteiger partial charge in [0.2, 0.25) is 0 Å². The van der Waals surface area contributed by atoms with Crippen molar-refractivity contribution in [3.63, 3.8) is 0 Å². The Morgan fingerprint density at radius 3 is 2.38 bits per heavy atom. The van der Waals surface area contributed by atoms with E-state index in [4.69, 9.17) is 5.73 Å². The second-order valence-electron chi connectivity index (χ2n) is 5.09. The first kappa shape index (κ1) is 11.3. The molecule has 1 saturated heterocycles.